The molecule has 0 spiro atoms. The Bertz CT molecular complexity index is 1600. The van der Waals surface area contributed by atoms with Crippen LogP contribution in [0.15, 0.2) is 120 Å². The van der Waals surface area contributed by atoms with Crippen LogP contribution in [0.5, 0.6) is 0 Å². The van der Waals surface area contributed by atoms with Crippen LogP contribution in [-0.2, 0) is 11.3 Å². The molecule has 0 bridgehead atoms. The molecule has 0 N–H and O–H groups in total. The van der Waals surface area contributed by atoms with Gasteiger partial charge in [0.2, 0.25) is 5.89 Å². The Labute approximate surface area is 244 Å². The maximum absolute atomic E-state index is 13.3. The Morgan fingerprint density at radius 2 is 1.10 bits per heavy atom. The number of ether oxygens (including phenoxy) is 1. The highest BCUT2D eigenvalue weighted by molar-refractivity contribution is 8.01. The van der Waals surface area contributed by atoms with Crippen molar-refractivity contribution in [2.45, 2.75) is 6.54 Å². The molecule has 7 rings (SSSR count). The molecule has 4 aromatic carbocycles. The normalized spacial score (nSPS) is 15.2. The molecule has 208 valence electrons. The second-order valence-electron chi connectivity index (χ2n) is 10.3. The van der Waals surface area contributed by atoms with E-state index < -0.39 is 7.26 Å². The van der Waals surface area contributed by atoms with Gasteiger partial charge in [0.05, 0.1) is 24.3 Å². The first kappa shape index (κ1) is 26.3. The first-order chi connectivity index (χ1) is 20.7. The van der Waals surface area contributed by atoms with Crippen molar-refractivity contribution in [3.63, 3.8) is 0 Å². The van der Waals surface area contributed by atoms with Gasteiger partial charge in [-0.15, -0.1) is 0 Å². The molecule has 0 saturated carbocycles. The molecule has 3 heterocycles. The fraction of sp³-hybridized carbons (Fsp3) is 0.147. The lowest BCUT2D eigenvalue weighted by Gasteiger charge is -2.30. The van der Waals surface area contributed by atoms with Gasteiger partial charge in [0, 0.05) is 13.1 Å². The molecule has 0 unspecified atom stereocenters. The predicted octanol–water partition coefficient (Wildman–Crippen LogP) is 3.93. The van der Waals surface area contributed by atoms with E-state index >= 15 is 0 Å². The number of morpholine rings is 1. The number of amides is 2. The van der Waals surface area contributed by atoms with Crippen molar-refractivity contribution in [1.82, 2.24) is 9.88 Å². The van der Waals surface area contributed by atoms with Crippen molar-refractivity contribution in [2.24, 2.45) is 0 Å². The number of carbonyl (C=O) groups is 2. The molecule has 8 heteroatoms. The number of rotatable bonds is 7. The van der Waals surface area contributed by atoms with Gasteiger partial charge in [-0.3, -0.25) is 14.5 Å². The van der Waals surface area contributed by atoms with Crippen molar-refractivity contribution in [2.75, 3.05) is 31.2 Å². The van der Waals surface area contributed by atoms with Crippen molar-refractivity contribution < 1.29 is 18.7 Å². The van der Waals surface area contributed by atoms with Crippen LogP contribution in [0, 0.1) is 0 Å². The van der Waals surface area contributed by atoms with Crippen LogP contribution in [0.1, 0.15) is 26.6 Å². The van der Waals surface area contributed by atoms with Gasteiger partial charge in [-0.1, -0.05) is 66.7 Å². The summed E-state index contributed by atoms with van der Waals surface area (Å²) >= 11 is 0. The zero-order chi connectivity index (χ0) is 28.5. The molecular weight excluding hydrogens is 545 g/mol. The van der Waals surface area contributed by atoms with E-state index in [-0.39, 0.29) is 18.4 Å². The number of oxazole rings is 1. The highest BCUT2D eigenvalue weighted by Gasteiger charge is 2.54. The second kappa shape index (κ2) is 11.0. The van der Waals surface area contributed by atoms with Crippen LogP contribution in [0.2, 0.25) is 0 Å². The minimum absolute atomic E-state index is 0.0535. The minimum atomic E-state index is -2.60. The summed E-state index contributed by atoms with van der Waals surface area (Å²) < 4.78 is 12.3. The highest BCUT2D eigenvalue weighted by atomic mass is 31.2. The van der Waals surface area contributed by atoms with E-state index in [0.29, 0.717) is 49.2 Å². The molecule has 5 aromatic rings. The highest BCUT2D eigenvalue weighted by Crippen LogP contribution is 2.56. The predicted molar refractivity (Wildman–Crippen MR) is 165 cm³/mol. The average Bonchev–Trinajstić information content (AvgIpc) is 3.59. The van der Waals surface area contributed by atoms with Crippen LogP contribution >= 0.6 is 7.26 Å². The number of fused-ring (bicyclic) bond motifs is 1. The summed E-state index contributed by atoms with van der Waals surface area (Å²) in [5, 5.41) is 3.41. The lowest BCUT2D eigenvalue weighted by atomic mass is 10.1. The molecule has 1 saturated heterocycles. The Morgan fingerprint density at radius 1 is 0.643 bits per heavy atom. The van der Waals surface area contributed by atoms with E-state index in [1.807, 2.05) is 18.2 Å². The van der Waals surface area contributed by atoms with Gasteiger partial charge in [0.1, 0.15) is 22.5 Å². The first-order valence-electron chi connectivity index (χ1n) is 14.0. The number of carbonyl (C=O) groups excluding carboxylic acids is 2. The van der Waals surface area contributed by atoms with E-state index in [2.05, 4.69) is 77.7 Å². The lowest BCUT2D eigenvalue weighted by molar-refractivity contribution is 0.0628. The number of benzene rings is 4. The van der Waals surface area contributed by atoms with E-state index in [1.165, 1.54) is 4.90 Å². The molecular formula is C34H29N3O4P+. The number of aromatic nitrogens is 1. The Hall–Kier alpha value is -4.58. The second-order valence-corrected chi connectivity index (χ2v) is 13.6. The molecule has 0 radical (unpaired) electrons. The summed E-state index contributed by atoms with van der Waals surface area (Å²) in [6, 6.07) is 38.3. The minimum Gasteiger partial charge on any atom is -0.419 e. The molecule has 0 aliphatic carbocycles. The average molecular weight is 575 g/mol. The van der Waals surface area contributed by atoms with Crippen molar-refractivity contribution in [3.8, 4) is 0 Å². The smallest absolute Gasteiger partial charge is 0.262 e. The summed E-state index contributed by atoms with van der Waals surface area (Å²) in [5.41, 5.74) is 1.63. The van der Waals surface area contributed by atoms with Gasteiger partial charge >= 0.3 is 0 Å². The summed E-state index contributed by atoms with van der Waals surface area (Å²) in [6.07, 6.45) is 0. The third-order valence-corrected chi connectivity index (χ3v) is 12.0. The number of hydrogen-bond acceptors (Lipinski definition) is 6. The van der Waals surface area contributed by atoms with Crippen molar-refractivity contribution in [3.05, 3.63) is 132 Å². The molecule has 2 amide bonds. The van der Waals surface area contributed by atoms with E-state index in [0.717, 1.165) is 21.3 Å². The summed E-state index contributed by atoms with van der Waals surface area (Å²) in [4.78, 5) is 35.2. The van der Waals surface area contributed by atoms with Gasteiger partial charge in [-0.2, -0.15) is 4.98 Å². The Balaban J connectivity index is 1.45. The van der Waals surface area contributed by atoms with Gasteiger partial charge < -0.3 is 14.1 Å². The zero-order valence-electron chi connectivity index (χ0n) is 22.9. The van der Waals surface area contributed by atoms with Crippen LogP contribution in [-0.4, -0.2) is 48.0 Å². The van der Waals surface area contributed by atoms with Gasteiger partial charge in [0.15, 0.2) is 7.26 Å². The number of imide groups is 1. The lowest BCUT2D eigenvalue weighted by Crippen LogP contribution is -2.44. The molecule has 1 fully saturated rings. The third kappa shape index (κ3) is 4.33. The van der Waals surface area contributed by atoms with Crippen LogP contribution in [0.4, 0.5) is 5.88 Å². The third-order valence-electron chi connectivity index (χ3n) is 7.85. The maximum Gasteiger partial charge on any atom is 0.262 e. The quantitative estimate of drug-likeness (QED) is 0.217. The molecule has 2 aliphatic heterocycles. The molecule has 1 aromatic heterocycles. The Morgan fingerprint density at radius 3 is 1.57 bits per heavy atom. The van der Waals surface area contributed by atoms with E-state index in [4.69, 9.17) is 14.1 Å². The SMILES string of the molecule is O=C1c2ccccc2C(=O)N1Cc1nc([P+](c2ccccc2)(c2ccccc2)c2ccccc2)c(N2CCOCC2)o1. The first-order valence-corrected chi connectivity index (χ1v) is 15.8. The topological polar surface area (TPSA) is 75.9 Å². The van der Waals surface area contributed by atoms with Crippen molar-refractivity contribution >= 4 is 46.3 Å². The summed E-state index contributed by atoms with van der Waals surface area (Å²) in [6.45, 7) is 2.38. The molecule has 42 heavy (non-hydrogen) atoms. The molecule has 2 aliphatic rings. The van der Waals surface area contributed by atoms with Gasteiger partial charge in [-0.25, -0.2) is 0 Å². The van der Waals surface area contributed by atoms with Crippen LogP contribution in [0.3, 0.4) is 0 Å². The standard InChI is InChI=1S/C34H29N3O4P/c38-32-28-18-10-11-19-29(28)33(39)37(32)24-30-35-31(34(41-30)36-20-22-40-23-21-36)42(25-12-4-1-5-13-25,26-14-6-2-7-15-26)27-16-8-3-9-17-27/h1-19H,20-24H2/q+1. The van der Waals surface area contributed by atoms with Crippen LogP contribution in [0.25, 0.3) is 0 Å². The zero-order valence-corrected chi connectivity index (χ0v) is 23.8. The summed E-state index contributed by atoms with van der Waals surface area (Å²) in [5.74, 6) is 0.319. The van der Waals surface area contributed by atoms with E-state index in [1.54, 1.807) is 24.3 Å². The Kier molecular flexibility index (Phi) is 6.90. The van der Waals surface area contributed by atoms with Gasteiger partial charge in [-0.05, 0) is 48.5 Å². The molecule has 7 nitrogen and oxygen atoms in total. The van der Waals surface area contributed by atoms with Gasteiger partial charge in [0.25, 0.3) is 23.1 Å². The number of hydrogen-bond donors (Lipinski definition) is 0. The monoisotopic (exact) mass is 574 g/mol. The van der Waals surface area contributed by atoms with Crippen molar-refractivity contribution in [1.29, 1.82) is 0 Å². The fourth-order valence-corrected chi connectivity index (χ4v) is 10.1. The fourth-order valence-electron chi connectivity index (χ4n) is 5.89. The number of nitrogens with zero attached hydrogens (tertiary/aromatic N) is 3. The summed E-state index contributed by atoms with van der Waals surface area (Å²) in [7, 11) is -2.60. The largest absolute Gasteiger partial charge is 0.419 e. The van der Waals surface area contributed by atoms with Crippen LogP contribution < -0.4 is 26.2 Å². The van der Waals surface area contributed by atoms with E-state index in [9.17, 15) is 9.59 Å². The maximum atomic E-state index is 13.3. The number of anilines is 1. The molecule has 0 atom stereocenters.